The highest BCUT2D eigenvalue weighted by atomic mass is 16.2. The van der Waals surface area contributed by atoms with E-state index in [0.29, 0.717) is 12.5 Å². The van der Waals surface area contributed by atoms with Gasteiger partial charge in [-0.25, -0.2) is 0 Å². The molecular formula is C17H35N3O. The predicted octanol–water partition coefficient (Wildman–Crippen LogP) is 2.38. The molecule has 0 aromatic carbocycles. The van der Waals surface area contributed by atoms with Gasteiger partial charge in [0.1, 0.15) is 0 Å². The molecule has 0 spiro atoms. The zero-order valence-corrected chi connectivity index (χ0v) is 14.4. The molecule has 0 saturated carbocycles. The second-order valence-electron chi connectivity index (χ2n) is 7.29. The molecule has 1 fully saturated rings. The molecule has 1 aliphatic heterocycles. The van der Waals surface area contributed by atoms with E-state index >= 15 is 0 Å². The van der Waals surface area contributed by atoms with Gasteiger partial charge in [0, 0.05) is 18.6 Å². The second-order valence-corrected chi connectivity index (χ2v) is 7.29. The van der Waals surface area contributed by atoms with Gasteiger partial charge < -0.3 is 11.1 Å². The largest absolute Gasteiger partial charge is 0.353 e. The van der Waals surface area contributed by atoms with Gasteiger partial charge in [0.15, 0.2) is 0 Å². The lowest BCUT2D eigenvalue weighted by Crippen LogP contribution is -2.47. The molecule has 1 aliphatic rings. The van der Waals surface area contributed by atoms with Crippen LogP contribution in [0, 0.1) is 11.8 Å². The van der Waals surface area contributed by atoms with Crippen LogP contribution in [0.3, 0.4) is 0 Å². The lowest BCUT2D eigenvalue weighted by atomic mass is 9.92. The number of nitrogens with one attached hydrogen (secondary N) is 1. The third-order valence-corrected chi connectivity index (χ3v) is 4.48. The molecular weight excluding hydrogens is 262 g/mol. The summed E-state index contributed by atoms with van der Waals surface area (Å²) in [5.41, 5.74) is 5.99. The minimum atomic E-state index is 0.164. The van der Waals surface area contributed by atoms with E-state index in [-0.39, 0.29) is 18.0 Å². The first kappa shape index (κ1) is 18.4. The molecule has 0 aromatic heterocycles. The molecule has 21 heavy (non-hydrogen) atoms. The van der Waals surface area contributed by atoms with E-state index in [2.05, 4.69) is 37.9 Å². The maximum absolute atomic E-state index is 12.1. The van der Waals surface area contributed by atoms with Gasteiger partial charge in [-0.05, 0) is 51.5 Å². The smallest absolute Gasteiger partial charge is 0.234 e. The van der Waals surface area contributed by atoms with Gasteiger partial charge in [0.05, 0.1) is 6.54 Å². The molecule has 1 rings (SSSR count). The maximum Gasteiger partial charge on any atom is 0.234 e. The third kappa shape index (κ3) is 7.82. The quantitative estimate of drug-likeness (QED) is 0.723. The first-order chi connectivity index (χ1) is 9.88. The Morgan fingerprint density at radius 2 is 2.00 bits per heavy atom. The van der Waals surface area contributed by atoms with Crippen LogP contribution in [0.15, 0.2) is 0 Å². The molecule has 3 unspecified atom stereocenters. The van der Waals surface area contributed by atoms with Crippen molar-refractivity contribution in [2.24, 2.45) is 17.6 Å². The van der Waals surface area contributed by atoms with Crippen LogP contribution in [0.2, 0.25) is 0 Å². The summed E-state index contributed by atoms with van der Waals surface area (Å²) in [6.07, 6.45) is 5.86. The molecule has 0 radical (unpaired) electrons. The summed E-state index contributed by atoms with van der Waals surface area (Å²) < 4.78 is 0. The minimum Gasteiger partial charge on any atom is -0.353 e. The normalized spacial score (nSPS) is 23.0. The highest BCUT2D eigenvalue weighted by Gasteiger charge is 2.24. The molecule has 1 saturated heterocycles. The van der Waals surface area contributed by atoms with Gasteiger partial charge in [-0.2, -0.15) is 0 Å². The molecule has 3 atom stereocenters. The molecule has 0 bridgehead atoms. The Balaban J connectivity index is 2.23. The summed E-state index contributed by atoms with van der Waals surface area (Å²) >= 11 is 0. The van der Waals surface area contributed by atoms with E-state index in [9.17, 15) is 4.79 Å². The fourth-order valence-corrected chi connectivity index (χ4v) is 3.09. The predicted molar refractivity (Wildman–Crippen MR) is 89.1 cm³/mol. The Bertz CT molecular complexity index is 304. The first-order valence-corrected chi connectivity index (χ1v) is 8.65. The summed E-state index contributed by atoms with van der Waals surface area (Å²) in [6.45, 7) is 11.2. The van der Waals surface area contributed by atoms with Gasteiger partial charge in [-0.1, -0.05) is 26.7 Å². The summed E-state index contributed by atoms with van der Waals surface area (Å²) in [6, 6.07) is 0.510. The zero-order valence-electron chi connectivity index (χ0n) is 14.4. The summed E-state index contributed by atoms with van der Waals surface area (Å²) in [7, 11) is 0. The van der Waals surface area contributed by atoms with Gasteiger partial charge in [-0.15, -0.1) is 0 Å². The lowest BCUT2D eigenvalue weighted by Gasteiger charge is -2.34. The van der Waals surface area contributed by atoms with Crippen molar-refractivity contribution < 1.29 is 4.79 Å². The van der Waals surface area contributed by atoms with E-state index in [1.54, 1.807) is 0 Å². The van der Waals surface area contributed by atoms with Crippen molar-refractivity contribution in [3.8, 4) is 0 Å². The van der Waals surface area contributed by atoms with Gasteiger partial charge >= 0.3 is 0 Å². The summed E-state index contributed by atoms with van der Waals surface area (Å²) in [5, 5.41) is 3.13. The summed E-state index contributed by atoms with van der Waals surface area (Å²) in [4.78, 5) is 14.4. The van der Waals surface area contributed by atoms with Crippen LogP contribution < -0.4 is 11.1 Å². The van der Waals surface area contributed by atoms with E-state index in [0.717, 1.165) is 31.8 Å². The molecule has 1 heterocycles. The Hall–Kier alpha value is -0.610. The van der Waals surface area contributed by atoms with Crippen LogP contribution in [-0.2, 0) is 4.79 Å². The Morgan fingerprint density at radius 1 is 1.29 bits per heavy atom. The van der Waals surface area contributed by atoms with E-state index in [1.165, 1.54) is 19.3 Å². The second kappa shape index (κ2) is 9.42. The van der Waals surface area contributed by atoms with E-state index in [4.69, 9.17) is 5.73 Å². The standard InChI is InChI=1S/C17H35N3O/c1-13(2)7-5-8-14(3)19-17(21)12-20-10-6-9-16(11-20)15(4)18/h13-16H,5-12,18H2,1-4H3,(H,19,21). The van der Waals surface area contributed by atoms with Crippen molar-refractivity contribution in [1.82, 2.24) is 10.2 Å². The number of amides is 1. The van der Waals surface area contributed by atoms with Gasteiger partial charge in [0.2, 0.25) is 5.91 Å². The topological polar surface area (TPSA) is 58.4 Å². The van der Waals surface area contributed by atoms with Crippen molar-refractivity contribution in [3.63, 3.8) is 0 Å². The zero-order chi connectivity index (χ0) is 15.8. The number of likely N-dealkylation sites (tertiary alicyclic amines) is 1. The summed E-state index contributed by atoms with van der Waals surface area (Å²) in [5.74, 6) is 1.45. The first-order valence-electron chi connectivity index (χ1n) is 8.65. The molecule has 1 amide bonds. The number of nitrogens with zero attached hydrogens (tertiary/aromatic N) is 1. The van der Waals surface area contributed by atoms with Crippen LogP contribution in [0.25, 0.3) is 0 Å². The fraction of sp³-hybridized carbons (Fsp3) is 0.941. The number of carbonyl (C=O) groups excluding carboxylic acids is 1. The van der Waals surface area contributed by atoms with Crippen molar-refractivity contribution >= 4 is 5.91 Å². The Morgan fingerprint density at radius 3 is 2.62 bits per heavy atom. The van der Waals surface area contributed by atoms with Crippen molar-refractivity contribution in [2.75, 3.05) is 19.6 Å². The maximum atomic E-state index is 12.1. The highest BCUT2D eigenvalue weighted by Crippen LogP contribution is 2.18. The van der Waals surface area contributed by atoms with Crippen LogP contribution >= 0.6 is 0 Å². The number of nitrogens with two attached hydrogens (primary N) is 1. The number of piperidine rings is 1. The Kier molecular flexibility index (Phi) is 8.27. The highest BCUT2D eigenvalue weighted by molar-refractivity contribution is 5.78. The molecule has 3 N–H and O–H groups in total. The van der Waals surface area contributed by atoms with Gasteiger partial charge in [-0.3, -0.25) is 9.69 Å². The molecule has 124 valence electrons. The number of carbonyl (C=O) groups is 1. The third-order valence-electron chi connectivity index (χ3n) is 4.48. The fourth-order valence-electron chi connectivity index (χ4n) is 3.09. The SMILES string of the molecule is CC(C)CCCC(C)NC(=O)CN1CCCC(C(C)N)C1. The van der Waals surface area contributed by atoms with Crippen LogP contribution in [-0.4, -0.2) is 42.5 Å². The van der Waals surface area contributed by atoms with E-state index < -0.39 is 0 Å². The van der Waals surface area contributed by atoms with Crippen LogP contribution in [0.5, 0.6) is 0 Å². The monoisotopic (exact) mass is 297 g/mol. The molecule has 4 nitrogen and oxygen atoms in total. The number of hydrogen-bond donors (Lipinski definition) is 2. The number of rotatable bonds is 8. The minimum absolute atomic E-state index is 0.164. The van der Waals surface area contributed by atoms with E-state index in [1.807, 2.05) is 0 Å². The molecule has 0 aromatic rings. The average molecular weight is 297 g/mol. The average Bonchev–Trinajstić information content (AvgIpc) is 2.38. The van der Waals surface area contributed by atoms with Crippen molar-refractivity contribution in [1.29, 1.82) is 0 Å². The van der Waals surface area contributed by atoms with Crippen molar-refractivity contribution in [2.45, 2.75) is 71.9 Å². The van der Waals surface area contributed by atoms with Gasteiger partial charge in [0.25, 0.3) is 0 Å². The molecule has 4 heteroatoms. The van der Waals surface area contributed by atoms with Crippen LogP contribution in [0.4, 0.5) is 0 Å². The van der Waals surface area contributed by atoms with Crippen molar-refractivity contribution in [3.05, 3.63) is 0 Å². The Labute approximate surface area is 130 Å². The lowest BCUT2D eigenvalue weighted by molar-refractivity contribution is -0.123. The molecule has 0 aliphatic carbocycles. The number of hydrogen-bond acceptors (Lipinski definition) is 3. The van der Waals surface area contributed by atoms with Crippen LogP contribution in [0.1, 0.15) is 59.8 Å².